The number of hydrogen-bond donors (Lipinski definition) is 1. The normalized spacial score (nSPS) is 18.3. The van der Waals surface area contributed by atoms with Crippen LogP contribution < -0.4 is 5.73 Å². The first-order valence-electron chi connectivity index (χ1n) is 6.41. The second-order valence-electron chi connectivity index (χ2n) is 5.99. The van der Waals surface area contributed by atoms with Crippen LogP contribution in [0.1, 0.15) is 53.4 Å². The van der Waals surface area contributed by atoms with Gasteiger partial charge in [-0.05, 0) is 24.7 Å². The zero-order valence-electron chi connectivity index (χ0n) is 11.1. The molecule has 1 aliphatic rings. The van der Waals surface area contributed by atoms with E-state index in [9.17, 15) is 4.79 Å². The van der Waals surface area contributed by atoms with E-state index in [-0.39, 0.29) is 17.4 Å². The van der Waals surface area contributed by atoms with Crippen LogP contribution in [-0.2, 0) is 4.79 Å². The van der Waals surface area contributed by atoms with Gasteiger partial charge in [0.1, 0.15) is 0 Å². The Bertz CT molecular complexity index is 241. The molecule has 0 aromatic rings. The average molecular weight is 226 g/mol. The Labute approximate surface area is 99.4 Å². The van der Waals surface area contributed by atoms with Crippen molar-refractivity contribution in [2.24, 2.45) is 11.1 Å². The van der Waals surface area contributed by atoms with Gasteiger partial charge in [-0.1, -0.05) is 27.7 Å². The Balaban J connectivity index is 2.48. The van der Waals surface area contributed by atoms with E-state index in [4.69, 9.17) is 5.73 Å². The predicted octanol–water partition coefficient (Wildman–Crippen LogP) is 2.15. The van der Waals surface area contributed by atoms with Crippen molar-refractivity contribution in [3.63, 3.8) is 0 Å². The molecule has 0 aliphatic heterocycles. The molecular formula is C13H26N2O. The highest BCUT2D eigenvalue weighted by Gasteiger charge is 2.33. The minimum atomic E-state index is -0.0434. The van der Waals surface area contributed by atoms with Gasteiger partial charge in [-0.15, -0.1) is 0 Å². The van der Waals surface area contributed by atoms with Gasteiger partial charge in [0.05, 0.1) is 0 Å². The molecule has 1 atom stereocenters. The second-order valence-corrected chi connectivity index (χ2v) is 5.99. The van der Waals surface area contributed by atoms with Crippen LogP contribution >= 0.6 is 0 Å². The van der Waals surface area contributed by atoms with Gasteiger partial charge >= 0.3 is 0 Å². The highest BCUT2D eigenvalue weighted by molar-refractivity contribution is 5.77. The number of amides is 1. The average Bonchev–Trinajstić information content (AvgIpc) is 2.95. The molecule has 0 saturated heterocycles. The second kappa shape index (κ2) is 5.17. The summed E-state index contributed by atoms with van der Waals surface area (Å²) < 4.78 is 0. The molecule has 0 spiro atoms. The van der Waals surface area contributed by atoms with Gasteiger partial charge in [0.15, 0.2) is 0 Å². The number of rotatable bonds is 5. The molecule has 0 heterocycles. The number of hydrogen-bond acceptors (Lipinski definition) is 2. The molecule has 3 nitrogen and oxygen atoms in total. The summed E-state index contributed by atoms with van der Waals surface area (Å²) in [6, 6.07) is 0.470. The van der Waals surface area contributed by atoms with Crippen LogP contribution in [0, 0.1) is 5.41 Å². The van der Waals surface area contributed by atoms with E-state index in [1.807, 2.05) is 4.90 Å². The van der Waals surface area contributed by atoms with Gasteiger partial charge in [-0.3, -0.25) is 4.79 Å². The largest absolute Gasteiger partial charge is 0.340 e. The maximum Gasteiger partial charge on any atom is 0.224 e. The first-order chi connectivity index (χ1) is 7.36. The number of nitrogens with two attached hydrogens (primary N) is 1. The summed E-state index contributed by atoms with van der Waals surface area (Å²) in [4.78, 5) is 14.2. The third-order valence-electron chi connectivity index (χ3n) is 3.28. The monoisotopic (exact) mass is 226 g/mol. The molecular weight excluding hydrogens is 200 g/mol. The van der Waals surface area contributed by atoms with E-state index in [1.165, 1.54) is 12.8 Å². The zero-order valence-corrected chi connectivity index (χ0v) is 11.1. The summed E-state index contributed by atoms with van der Waals surface area (Å²) in [5.74, 6) is 0.242. The molecule has 1 rings (SSSR count). The molecule has 0 bridgehead atoms. The predicted molar refractivity (Wildman–Crippen MR) is 67.1 cm³/mol. The fraction of sp³-hybridized carbons (Fsp3) is 0.923. The molecule has 1 aliphatic carbocycles. The summed E-state index contributed by atoms with van der Waals surface area (Å²) in [5.41, 5.74) is 6.07. The van der Waals surface area contributed by atoms with Crippen LogP contribution in [0.15, 0.2) is 0 Å². The summed E-state index contributed by atoms with van der Waals surface area (Å²) >= 11 is 0. The standard InChI is InChI=1S/C13H26N2O/c1-5-8-15(10-6-7-10)12(16)9-11(14)13(2,3)4/h10-11H,5-9,14H2,1-4H3. The van der Waals surface area contributed by atoms with Crippen molar-refractivity contribution in [3.05, 3.63) is 0 Å². The van der Waals surface area contributed by atoms with Gasteiger partial charge in [0, 0.05) is 25.0 Å². The SMILES string of the molecule is CCCN(C(=O)CC(N)C(C)(C)C)C1CC1. The lowest BCUT2D eigenvalue weighted by atomic mass is 9.85. The summed E-state index contributed by atoms with van der Waals surface area (Å²) in [5, 5.41) is 0. The van der Waals surface area contributed by atoms with Crippen molar-refractivity contribution in [1.82, 2.24) is 4.90 Å². The fourth-order valence-corrected chi connectivity index (χ4v) is 1.75. The van der Waals surface area contributed by atoms with E-state index in [2.05, 4.69) is 27.7 Å². The summed E-state index contributed by atoms with van der Waals surface area (Å²) in [6.45, 7) is 9.28. The molecule has 3 heteroatoms. The van der Waals surface area contributed by atoms with Gasteiger partial charge < -0.3 is 10.6 Å². The molecule has 1 unspecified atom stereocenters. The smallest absolute Gasteiger partial charge is 0.224 e. The van der Waals surface area contributed by atoms with E-state index in [0.29, 0.717) is 12.5 Å². The summed E-state index contributed by atoms with van der Waals surface area (Å²) in [6.07, 6.45) is 3.87. The number of carbonyl (C=O) groups is 1. The third kappa shape index (κ3) is 3.78. The van der Waals surface area contributed by atoms with Gasteiger partial charge in [0.25, 0.3) is 0 Å². The van der Waals surface area contributed by atoms with Gasteiger partial charge in [-0.25, -0.2) is 0 Å². The molecule has 1 saturated carbocycles. The van der Waals surface area contributed by atoms with Crippen LogP contribution in [0.5, 0.6) is 0 Å². The molecule has 0 radical (unpaired) electrons. The van der Waals surface area contributed by atoms with Gasteiger partial charge in [0.2, 0.25) is 5.91 Å². The van der Waals surface area contributed by atoms with Crippen LogP contribution in [0.3, 0.4) is 0 Å². The Kier molecular flexibility index (Phi) is 4.36. The van der Waals surface area contributed by atoms with Crippen molar-refractivity contribution >= 4 is 5.91 Å². The zero-order chi connectivity index (χ0) is 12.3. The van der Waals surface area contributed by atoms with Crippen molar-refractivity contribution < 1.29 is 4.79 Å². The van der Waals surface area contributed by atoms with Crippen molar-refractivity contribution in [2.45, 2.75) is 65.5 Å². The third-order valence-corrected chi connectivity index (χ3v) is 3.28. The minimum absolute atomic E-state index is 0.0110. The number of nitrogens with zero attached hydrogens (tertiary/aromatic N) is 1. The van der Waals surface area contributed by atoms with Crippen LogP contribution in [0.2, 0.25) is 0 Å². The Morgan fingerprint density at radius 3 is 2.38 bits per heavy atom. The quantitative estimate of drug-likeness (QED) is 0.780. The van der Waals surface area contributed by atoms with E-state index in [1.54, 1.807) is 0 Å². The van der Waals surface area contributed by atoms with E-state index < -0.39 is 0 Å². The van der Waals surface area contributed by atoms with Crippen LogP contribution in [0.4, 0.5) is 0 Å². The molecule has 16 heavy (non-hydrogen) atoms. The minimum Gasteiger partial charge on any atom is -0.340 e. The van der Waals surface area contributed by atoms with Crippen molar-refractivity contribution in [3.8, 4) is 0 Å². The Hall–Kier alpha value is -0.570. The molecule has 2 N–H and O–H groups in total. The molecule has 1 fully saturated rings. The Morgan fingerprint density at radius 2 is 2.00 bits per heavy atom. The first-order valence-corrected chi connectivity index (χ1v) is 6.41. The molecule has 1 amide bonds. The Morgan fingerprint density at radius 1 is 1.44 bits per heavy atom. The fourth-order valence-electron chi connectivity index (χ4n) is 1.75. The van der Waals surface area contributed by atoms with Gasteiger partial charge in [-0.2, -0.15) is 0 Å². The topological polar surface area (TPSA) is 46.3 Å². The maximum absolute atomic E-state index is 12.1. The van der Waals surface area contributed by atoms with Crippen molar-refractivity contribution in [1.29, 1.82) is 0 Å². The van der Waals surface area contributed by atoms with E-state index in [0.717, 1.165) is 13.0 Å². The highest BCUT2D eigenvalue weighted by atomic mass is 16.2. The van der Waals surface area contributed by atoms with Crippen LogP contribution in [-0.4, -0.2) is 29.4 Å². The lowest BCUT2D eigenvalue weighted by molar-refractivity contribution is -0.132. The number of carbonyl (C=O) groups excluding carboxylic acids is 1. The molecule has 0 aromatic heterocycles. The van der Waals surface area contributed by atoms with Crippen molar-refractivity contribution in [2.75, 3.05) is 6.54 Å². The molecule has 94 valence electrons. The summed E-state index contributed by atoms with van der Waals surface area (Å²) in [7, 11) is 0. The highest BCUT2D eigenvalue weighted by Crippen LogP contribution is 2.29. The van der Waals surface area contributed by atoms with E-state index >= 15 is 0 Å². The lowest BCUT2D eigenvalue weighted by Crippen LogP contribution is -2.42. The molecule has 0 aromatic carbocycles. The first kappa shape index (κ1) is 13.5. The van der Waals surface area contributed by atoms with Crippen LogP contribution in [0.25, 0.3) is 0 Å². The maximum atomic E-state index is 12.1. The lowest BCUT2D eigenvalue weighted by Gasteiger charge is -2.29.